The van der Waals surface area contributed by atoms with Crippen LogP contribution < -0.4 is 0 Å². The summed E-state index contributed by atoms with van der Waals surface area (Å²) in [4.78, 5) is 0. The van der Waals surface area contributed by atoms with Gasteiger partial charge >= 0.3 is 0 Å². The van der Waals surface area contributed by atoms with E-state index in [1.165, 1.54) is 19.3 Å². The summed E-state index contributed by atoms with van der Waals surface area (Å²) >= 11 is 0. The van der Waals surface area contributed by atoms with Crippen molar-refractivity contribution >= 4 is 0 Å². The summed E-state index contributed by atoms with van der Waals surface area (Å²) in [7, 11) is 0. The van der Waals surface area contributed by atoms with Gasteiger partial charge in [0.15, 0.2) is 0 Å². The molecule has 0 aromatic rings. The summed E-state index contributed by atoms with van der Waals surface area (Å²) in [6.45, 7) is 4.56. The minimum absolute atomic E-state index is 0.841. The first-order valence-corrected chi connectivity index (χ1v) is 4.01. The maximum absolute atomic E-state index is 2.38. The van der Waals surface area contributed by atoms with Gasteiger partial charge < -0.3 is 0 Å². The minimum atomic E-state index is 0.841. The molecule has 0 saturated heterocycles. The van der Waals surface area contributed by atoms with Gasteiger partial charge in [0, 0.05) is 0 Å². The molecular weight excluding hydrogens is 108 g/mol. The fourth-order valence-corrected chi connectivity index (χ4v) is 1.36. The Bertz CT molecular complexity index is 103. The van der Waals surface area contributed by atoms with E-state index in [2.05, 4.69) is 26.0 Å². The molecule has 0 nitrogen and oxygen atoms in total. The second-order valence-corrected chi connectivity index (χ2v) is 3.11. The molecule has 0 fully saturated rings. The van der Waals surface area contributed by atoms with Gasteiger partial charge in [0.1, 0.15) is 0 Å². The highest BCUT2D eigenvalue weighted by Gasteiger charge is 2.09. The van der Waals surface area contributed by atoms with Gasteiger partial charge in [-0.25, -0.2) is 0 Å². The first-order valence-electron chi connectivity index (χ1n) is 4.01. The van der Waals surface area contributed by atoms with Crippen LogP contribution in [0.1, 0.15) is 33.1 Å². The third-order valence-electron chi connectivity index (χ3n) is 2.23. The topological polar surface area (TPSA) is 0 Å². The summed E-state index contributed by atoms with van der Waals surface area (Å²) < 4.78 is 0. The SMILES string of the molecule is CC[C@@H]1C=C[C@H](C)CC1. The molecule has 0 heterocycles. The Kier molecular flexibility index (Phi) is 2.32. The Morgan fingerprint density at radius 1 is 1.33 bits per heavy atom. The fourth-order valence-electron chi connectivity index (χ4n) is 1.36. The lowest BCUT2D eigenvalue weighted by atomic mass is 9.88. The van der Waals surface area contributed by atoms with Crippen molar-refractivity contribution in [2.45, 2.75) is 33.1 Å². The molecule has 2 atom stereocenters. The van der Waals surface area contributed by atoms with Crippen molar-refractivity contribution in [3.8, 4) is 0 Å². The van der Waals surface area contributed by atoms with Gasteiger partial charge in [-0.3, -0.25) is 0 Å². The van der Waals surface area contributed by atoms with Crippen LogP contribution >= 0.6 is 0 Å². The molecule has 0 bridgehead atoms. The minimum Gasteiger partial charge on any atom is -0.0854 e. The van der Waals surface area contributed by atoms with Gasteiger partial charge in [0.25, 0.3) is 0 Å². The van der Waals surface area contributed by atoms with Crippen LogP contribution in [-0.4, -0.2) is 0 Å². The normalized spacial score (nSPS) is 34.9. The molecule has 1 aliphatic rings. The molecule has 52 valence electrons. The number of hydrogen-bond donors (Lipinski definition) is 0. The number of allylic oxidation sites excluding steroid dienone is 2. The third kappa shape index (κ3) is 1.85. The predicted octanol–water partition coefficient (Wildman–Crippen LogP) is 3.00. The van der Waals surface area contributed by atoms with E-state index in [1.807, 2.05) is 0 Å². The van der Waals surface area contributed by atoms with Crippen LogP contribution in [-0.2, 0) is 0 Å². The maximum atomic E-state index is 2.38. The quantitative estimate of drug-likeness (QED) is 0.471. The van der Waals surface area contributed by atoms with Crippen molar-refractivity contribution in [1.82, 2.24) is 0 Å². The Labute approximate surface area is 58.0 Å². The average molecular weight is 124 g/mol. The van der Waals surface area contributed by atoms with E-state index < -0.39 is 0 Å². The molecule has 0 aromatic carbocycles. The summed E-state index contributed by atoms with van der Waals surface area (Å²) in [5.74, 6) is 1.73. The maximum Gasteiger partial charge on any atom is -0.0236 e. The second kappa shape index (κ2) is 3.05. The Morgan fingerprint density at radius 3 is 2.56 bits per heavy atom. The van der Waals surface area contributed by atoms with Crippen LogP contribution in [0.4, 0.5) is 0 Å². The predicted molar refractivity (Wildman–Crippen MR) is 41.3 cm³/mol. The fraction of sp³-hybridized carbons (Fsp3) is 0.778. The van der Waals surface area contributed by atoms with Crippen molar-refractivity contribution in [3.05, 3.63) is 12.2 Å². The van der Waals surface area contributed by atoms with Crippen LogP contribution in [0, 0.1) is 11.8 Å². The largest absolute Gasteiger partial charge is 0.0854 e. The standard InChI is InChI=1S/C9H16/c1-3-9-6-4-8(2)5-7-9/h4,6,8-9H,3,5,7H2,1-2H3/t8-,9+/m0/s1. The molecular formula is C9H16. The molecule has 0 aliphatic heterocycles. The van der Waals surface area contributed by atoms with Crippen molar-refractivity contribution in [2.75, 3.05) is 0 Å². The lowest BCUT2D eigenvalue weighted by molar-refractivity contribution is 0.467. The highest BCUT2D eigenvalue weighted by molar-refractivity contribution is 4.95. The van der Waals surface area contributed by atoms with Crippen LogP contribution in [0.5, 0.6) is 0 Å². The molecule has 1 aliphatic carbocycles. The van der Waals surface area contributed by atoms with Crippen LogP contribution in [0.15, 0.2) is 12.2 Å². The van der Waals surface area contributed by atoms with Gasteiger partial charge in [-0.2, -0.15) is 0 Å². The molecule has 0 unspecified atom stereocenters. The van der Waals surface area contributed by atoms with Gasteiger partial charge in [0.05, 0.1) is 0 Å². The monoisotopic (exact) mass is 124 g/mol. The first kappa shape index (κ1) is 6.85. The van der Waals surface area contributed by atoms with E-state index in [-0.39, 0.29) is 0 Å². The van der Waals surface area contributed by atoms with Crippen LogP contribution in [0.2, 0.25) is 0 Å². The van der Waals surface area contributed by atoms with E-state index in [1.54, 1.807) is 0 Å². The highest BCUT2D eigenvalue weighted by Crippen LogP contribution is 2.23. The third-order valence-corrected chi connectivity index (χ3v) is 2.23. The van der Waals surface area contributed by atoms with Crippen molar-refractivity contribution in [2.24, 2.45) is 11.8 Å². The smallest absolute Gasteiger partial charge is 0.0236 e. The van der Waals surface area contributed by atoms with E-state index >= 15 is 0 Å². The van der Waals surface area contributed by atoms with Crippen LogP contribution in [0.3, 0.4) is 0 Å². The van der Waals surface area contributed by atoms with E-state index in [4.69, 9.17) is 0 Å². The van der Waals surface area contributed by atoms with Crippen LogP contribution in [0.25, 0.3) is 0 Å². The zero-order valence-electron chi connectivity index (χ0n) is 6.43. The Morgan fingerprint density at radius 2 is 2.11 bits per heavy atom. The molecule has 0 aromatic heterocycles. The molecule has 0 spiro atoms. The average Bonchev–Trinajstić information content (AvgIpc) is 1.90. The summed E-state index contributed by atoms with van der Waals surface area (Å²) in [6, 6.07) is 0. The van der Waals surface area contributed by atoms with E-state index in [9.17, 15) is 0 Å². The molecule has 0 heteroatoms. The molecule has 0 saturated carbocycles. The zero-order valence-corrected chi connectivity index (χ0v) is 6.43. The van der Waals surface area contributed by atoms with Crippen molar-refractivity contribution in [1.29, 1.82) is 0 Å². The van der Waals surface area contributed by atoms with Gasteiger partial charge in [0.2, 0.25) is 0 Å². The lowest BCUT2D eigenvalue weighted by Crippen LogP contribution is -2.04. The molecule has 9 heavy (non-hydrogen) atoms. The number of hydrogen-bond acceptors (Lipinski definition) is 0. The van der Waals surface area contributed by atoms with Gasteiger partial charge in [-0.1, -0.05) is 26.0 Å². The first-order chi connectivity index (χ1) is 4.33. The summed E-state index contributed by atoms with van der Waals surface area (Å²) in [6.07, 6.45) is 8.87. The lowest BCUT2D eigenvalue weighted by Gasteiger charge is -2.17. The summed E-state index contributed by atoms with van der Waals surface area (Å²) in [5.41, 5.74) is 0. The molecule has 0 N–H and O–H groups in total. The molecule has 1 rings (SSSR count). The second-order valence-electron chi connectivity index (χ2n) is 3.11. The molecule has 0 amide bonds. The summed E-state index contributed by atoms with van der Waals surface area (Å²) in [5, 5.41) is 0. The van der Waals surface area contributed by atoms with Crippen molar-refractivity contribution in [3.63, 3.8) is 0 Å². The van der Waals surface area contributed by atoms with E-state index in [0.717, 1.165) is 11.8 Å². The zero-order chi connectivity index (χ0) is 6.69. The Balaban J connectivity index is 2.38. The Hall–Kier alpha value is -0.260. The molecule has 0 radical (unpaired) electrons. The highest BCUT2D eigenvalue weighted by atomic mass is 14.1. The van der Waals surface area contributed by atoms with Gasteiger partial charge in [-0.05, 0) is 31.1 Å². The number of rotatable bonds is 1. The van der Waals surface area contributed by atoms with Gasteiger partial charge in [-0.15, -0.1) is 0 Å². The van der Waals surface area contributed by atoms with Crippen molar-refractivity contribution < 1.29 is 0 Å². The van der Waals surface area contributed by atoms with E-state index in [0.29, 0.717) is 0 Å².